The van der Waals surface area contributed by atoms with Crippen molar-refractivity contribution in [3.63, 3.8) is 0 Å². The molecule has 1 aromatic carbocycles. The SMILES string of the molecule is C[C@]1(c2cc(CC(=O)c3ccc(Cl)cn3)ccc2F)N=C(N)S[C@@H]2[C@H]1C2(F)F. The van der Waals surface area contributed by atoms with Crippen LogP contribution in [0.4, 0.5) is 13.2 Å². The van der Waals surface area contributed by atoms with Gasteiger partial charge in [0.2, 0.25) is 0 Å². The Bertz CT molecular complexity index is 998. The van der Waals surface area contributed by atoms with Crippen LogP contribution in [-0.4, -0.2) is 27.1 Å². The molecule has 0 amide bonds. The standard InChI is InChI=1S/C19H15ClF3N3OS/c1-18(15-16(19(15,22)23)28-17(24)26-18)11-6-9(2-4-12(11)21)7-14(27)13-5-3-10(20)8-25-13/h2-6,8,15-16H,7H2,1H3,(H2,24,26)/t15-,16-,18-/m1/s1. The third-order valence-corrected chi connectivity index (χ3v) is 6.53. The van der Waals surface area contributed by atoms with Crippen molar-refractivity contribution in [2.45, 2.75) is 30.1 Å². The summed E-state index contributed by atoms with van der Waals surface area (Å²) in [5, 5.41) is -0.607. The van der Waals surface area contributed by atoms with Gasteiger partial charge in [-0.05, 0) is 36.8 Å². The number of aromatic nitrogens is 1. The molecule has 9 heteroatoms. The number of nitrogens with zero attached hydrogens (tertiary/aromatic N) is 2. The molecule has 28 heavy (non-hydrogen) atoms. The van der Waals surface area contributed by atoms with Gasteiger partial charge in [0.15, 0.2) is 11.0 Å². The van der Waals surface area contributed by atoms with Gasteiger partial charge in [0.05, 0.1) is 21.7 Å². The minimum atomic E-state index is -2.98. The maximum Gasteiger partial charge on any atom is 0.267 e. The number of amidine groups is 1. The Morgan fingerprint density at radius 3 is 2.75 bits per heavy atom. The maximum absolute atomic E-state index is 14.6. The van der Waals surface area contributed by atoms with Gasteiger partial charge in [0, 0.05) is 18.2 Å². The van der Waals surface area contributed by atoms with Crippen LogP contribution in [0.2, 0.25) is 5.02 Å². The molecule has 1 aromatic heterocycles. The van der Waals surface area contributed by atoms with Crippen LogP contribution in [0.1, 0.15) is 28.5 Å². The minimum absolute atomic E-state index is 0.00664. The molecule has 0 saturated heterocycles. The van der Waals surface area contributed by atoms with E-state index in [1.807, 2.05) is 0 Å². The molecule has 1 aliphatic carbocycles. The highest BCUT2D eigenvalue weighted by Gasteiger charge is 2.77. The topological polar surface area (TPSA) is 68.3 Å². The number of fused-ring (bicyclic) bond motifs is 1. The second kappa shape index (κ2) is 6.49. The fraction of sp³-hybridized carbons (Fsp3) is 0.316. The molecule has 4 rings (SSSR count). The Balaban J connectivity index is 1.67. The Morgan fingerprint density at radius 1 is 1.32 bits per heavy atom. The first-order chi connectivity index (χ1) is 13.1. The highest BCUT2D eigenvalue weighted by Crippen LogP contribution is 2.66. The highest BCUT2D eigenvalue weighted by atomic mass is 35.5. The average molecular weight is 426 g/mol. The van der Waals surface area contributed by atoms with Crippen molar-refractivity contribution < 1.29 is 18.0 Å². The summed E-state index contributed by atoms with van der Waals surface area (Å²) >= 11 is 6.59. The number of hydrogen-bond acceptors (Lipinski definition) is 5. The number of carbonyl (C=O) groups excluding carboxylic acids is 1. The van der Waals surface area contributed by atoms with E-state index in [9.17, 15) is 18.0 Å². The molecule has 4 nitrogen and oxygen atoms in total. The molecule has 0 radical (unpaired) electrons. The fourth-order valence-corrected chi connectivity index (χ4v) is 5.11. The predicted molar refractivity (Wildman–Crippen MR) is 102 cm³/mol. The molecule has 1 aliphatic heterocycles. The van der Waals surface area contributed by atoms with Gasteiger partial charge in [-0.3, -0.25) is 14.8 Å². The number of halogens is 4. The summed E-state index contributed by atoms with van der Waals surface area (Å²) in [5.74, 6) is -5.07. The van der Waals surface area contributed by atoms with Crippen LogP contribution < -0.4 is 5.73 Å². The van der Waals surface area contributed by atoms with E-state index in [4.69, 9.17) is 17.3 Å². The lowest BCUT2D eigenvalue weighted by Crippen LogP contribution is -2.32. The summed E-state index contributed by atoms with van der Waals surface area (Å²) in [5.41, 5.74) is 4.94. The molecule has 0 bridgehead atoms. The Morgan fingerprint density at radius 2 is 2.07 bits per heavy atom. The van der Waals surface area contributed by atoms with Crippen molar-refractivity contribution in [2.75, 3.05) is 0 Å². The van der Waals surface area contributed by atoms with Gasteiger partial charge in [-0.1, -0.05) is 29.4 Å². The maximum atomic E-state index is 14.6. The van der Waals surface area contributed by atoms with Crippen LogP contribution >= 0.6 is 23.4 Å². The summed E-state index contributed by atoms with van der Waals surface area (Å²) in [6, 6.07) is 7.08. The third kappa shape index (κ3) is 3.08. The largest absolute Gasteiger partial charge is 0.379 e. The minimum Gasteiger partial charge on any atom is -0.379 e. The van der Waals surface area contributed by atoms with Gasteiger partial charge in [-0.2, -0.15) is 0 Å². The lowest BCUT2D eigenvalue weighted by molar-refractivity contribution is 0.0818. The zero-order valence-electron chi connectivity index (χ0n) is 14.6. The number of pyridine rings is 1. The first-order valence-electron chi connectivity index (χ1n) is 8.46. The van der Waals surface area contributed by atoms with Gasteiger partial charge < -0.3 is 5.73 Å². The predicted octanol–water partition coefficient (Wildman–Crippen LogP) is 4.21. The van der Waals surface area contributed by atoms with E-state index in [0.29, 0.717) is 10.6 Å². The van der Waals surface area contributed by atoms with Crippen LogP contribution in [0, 0.1) is 11.7 Å². The molecule has 3 atom stereocenters. The molecule has 1 saturated carbocycles. The fourth-order valence-electron chi connectivity index (χ4n) is 3.68. The number of benzene rings is 1. The first kappa shape index (κ1) is 19.3. The zero-order valence-corrected chi connectivity index (χ0v) is 16.2. The van der Waals surface area contributed by atoms with E-state index in [0.717, 1.165) is 11.8 Å². The normalized spacial score (nSPS) is 27.7. The molecule has 0 unspecified atom stereocenters. The third-order valence-electron chi connectivity index (χ3n) is 5.14. The molecule has 1 fully saturated rings. The number of hydrogen-bond donors (Lipinski definition) is 1. The van der Waals surface area contributed by atoms with E-state index in [2.05, 4.69) is 9.98 Å². The second-order valence-electron chi connectivity index (χ2n) is 7.06. The molecular weight excluding hydrogens is 411 g/mol. The molecule has 0 spiro atoms. The Kier molecular flexibility index (Phi) is 4.46. The summed E-state index contributed by atoms with van der Waals surface area (Å²) in [7, 11) is 0. The smallest absolute Gasteiger partial charge is 0.267 e. The molecule has 146 valence electrons. The summed E-state index contributed by atoms with van der Waals surface area (Å²) in [6.07, 6.45) is 1.30. The van der Waals surface area contributed by atoms with Gasteiger partial charge in [-0.15, -0.1) is 0 Å². The molecule has 2 aliphatic rings. The van der Waals surface area contributed by atoms with Gasteiger partial charge >= 0.3 is 0 Å². The number of rotatable bonds is 4. The van der Waals surface area contributed by atoms with Crippen LogP contribution in [0.5, 0.6) is 0 Å². The molecule has 2 aromatic rings. The van der Waals surface area contributed by atoms with Gasteiger partial charge in [-0.25, -0.2) is 13.2 Å². The Labute approximate surface area is 168 Å². The van der Waals surface area contributed by atoms with Crippen molar-refractivity contribution in [1.29, 1.82) is 0 Å². The summed E-state index contributed by atoms with van der Waals surface area (Å²) < 4.78 is 43.0. The van der Waals surface area contributed by atoms with Crippen molar-refractivity contribution in [2.24, 2.45) is 16.6 Å². The highest BCUT2D eigenvalue weighted by molar-refractivity contribution is 8.14. The van der Waals surface area contributed by atoms with E-state index in [1.165, 1.54) is 37.4 Å². The lowest BCUT2D eigenvalue weighted by Gasteiger charge is -2.29. The number of aliphatic imine (C=N–C) groups is 1. The van der Waals surface area contributed by atoms with Crippen LogP contribution in [0.15, 0.2) is 41.5 Å². The summed E-state index contributed by atoms with van der Waals surface area (Å²) in [6.45, 7) is 1.46. The molecule has 2 heterocycles. The van der Waals surface area contributed by atoms with Crippen molar-refractivity contribution in [3.05, 3.63) is 64.2 Å². The number of alkyl halides is 2. The molecule has 2 N–H and O–H groups in total. The van der Waals surface area contributed by atoms with Crippen LogP contribution in [0.3, 0.4) is 0 Å². The second-order valence-corrected chi connectivity index (χ2v) is 8.66. The van der Waals surface area contributed by atoms with E-state index >= 15 is 0 Å². The number of thioether (sulfide) groups is 1. The Hall–Kier alpha value is -2.06. The number of ketones is 1. The first-order valence-corrected chi connectivity index (χ1v) is 9.72. The summed E-state index contributed by atoms with van der Waals surface area (Å²) in [4.78, 5) is 20.6. The van der Waals surface area contributed by atoms with Crippen molar-refractivity contribution >= 4 is 34.3 Å². The number of carbonyl (C=O) groups is 1. The zero-order chi connectivity index (χ0) is 20.3. The number of nitrogens with two attached hydrogens (primary N) is 1. The molecular formula is C19H15ClF3N3OS. The monoisotopic (exact) mass is 425 g/mol. The van der Waals surface area contributed by atoms with E-state index < -0.39 is 28.4 Å². The lowest BCUT2D eigenvalue weighted by atomic mass is 9.85. The van der Waals surface area contributed by atoms with Gasteiger partial charge in [0.25, 0.3) is 5.92 Å². The van der Waals surface area contributed by atoms with E-state index in [-0.39, 0.29) is 28.6 Å². The van der Waals surface area contributed by atoms with Crippen LogP contribution in [-0.2, 0) is 12.0 Å². The van der Waals surface area contributed by atoms with Gasteiger partial charge in [0.1, 0.15) is 11.5 Å². The van der Waals surface area contributed by atoms with Crippen molar-refractivity contribution in [3.8, 4) is 0 Å². The van der Waals surface area contributed by atoms with Crippen LogP contribution in [0.25, 0.3) is 0 Å². The van der Waals surface area contributed by atoms with Crippen molar-refractivity contribution in [1.82, 2.24) is 4.98 Å². The van der Waals surface area contributed by atoms with E-state index in [1.54, 1.807) is 6.07 Å². The number of Topliss-reactive ketones (excluding diaryl/α,β-unsaturated/α-hetero) is 1. The average Bonchev–Trinajstić information content (AvgIpc) is 3.18. The quantitative estimate of drug-likeness (QED) is 0.745.